The lowest BCUT2D eigenvalue weighted by Gasteiger charge is -2.23. The normalized spacial score (nSPS) is 17.1. The van der Waals surface area contributed by atoms with Crippen LogP contribution in [0.1, 0.15) is 40.5 Å². The molecule has 0 saturated carbocycles. The number of aromatic nitrogens is 1. The molecule has 2 rings (SSSR count). The number of nitrogens with zero attached hydrogens (tertiary/aromatic N) is 3. The number of pyridine rings is 1. The molecule has 0 radical (unpaired) electrons. The van der Waals surface area contributed by atoms with Crippen LogP contribution < -0.4 is 4.90 Å². The van der Waals surface area contributed by atoms with Gasteiger partial charge in [0.1, 0.15) is 0 Å². The van der Waals surface area contributed by atoms with E-state index in [0.29, 0.717) is 6.54 Å². The lowest BCUT2D eigenvalue weighted by Crippen LogP contribution is -2.37. The third-order valence-electron chi connectivity index (χ3n) is 4.20. The highest BCUT2D eigenvalue weighted by molar-refractivity contribution is 7.92. The number of hydrogen-bond acceptors (Lipinski definition) is 5. The number of anilines is 1. The quantitative estimate of drug-likeness (QED) is 0.829. The molecule has 6 nitrogen and oxygen atoms in total. The molecule has 0 N–H and O–H groups in total. The average Bonchev–Trinajstić information content (AvgIpc) is 2.69. The van der Waals surface area contributed by atoms with Gasteiger partial charge in [0.2, 0.25) is 5.91 Å². The molecule has 1 aromatic heterocycles. The first-order valence-electron chi connectivity index (χ1n) is 8.40. The van der Waals surface area contributed by atoms with Gasteiger partial charge in [-0.1, -0.05) is 6.92 Å². The van der Waals surface area contributed by atoms with Gasteiger partial charge in [-0.3, -0.25) is 4.79 Å². The van der Waals surface area contributed by atoms with Gasteiger partial charge in [0.25, 0.3) is 0 Å². The number of hydrogen-bond donors (Lipinski definition) is 0. The van der Waals surface area contributed by atoms with Crippen molar-refractivity contribution in [3.8, 4) is 0 Å². The fourth-order valence-corrected chi connectivity index (χ4v) is 3.74. The standard InChI is InChI=1S/C17H27N3O3S/c1-5-9-19-10-6-11-20(13-16(19)21)14-7-8-15(18-12-14)24(22,23)17(2,3)4/h7-8,12H,5-6,9-11,13H2,1-4H3. The molecule has 1 aliphatic heterocycles. The minimum absolute atomic E-state index is 0.0764. The maximum absolute atomic E-state index is 12.4. The van der Waals surface area contributed by atoms with Gasteiger partial charge in [-0.25, -0.2) is 13.4 Å². The summed E-state index contributed by atoms with van der Waals surface area (Å²) in [7, 11) is -3.46. The second-order valence-corrected chi connectivity index (χ2v) is 9.78. The van der Waals surface area contributed by atoms with Crippen LogP contribution in [0.5, 0.6) is 0 Å². The average molecular weight is 353 g/mol. The van der Waals surface area contributed by atoms with Crippen LogP contribution in [0, 0.1) is 0 Å². The molecular formula is C17H27N3O3S. The van der Waals surface area contributed by atoms with Crippen molar-refractivity contribution in [2.45, 2.75) is 50.3 Å². The molecule has 7 heteroatoms. The summed E-state index contributed by atoms with van der Waals surface area (Å²) in [6.07, 6.45) is 3.40. The second kappa shape index (κ2) is 7.09. The maximum Gasteiger partial charge on any atom is 0.242 e. The van der Waals surface area contributed by atoms with Crippen molar-refractivity contribution in [1.29, 1.82) is 0 Å². The molecule has 0 atom stereocenters. The second-order valence-electron chi connectivity index (χ2n) is 7.13. The van der Waals surface area contributed by atoms with E-state index in [9.17, 15) is 13.2 Å². The summed E-state index contributed by atoms with van der Waals surface area (Å²) < 4.78 is 24.0. The monoisotopic (exact) mass is 353 g/mol. The lowest BCUT2D eigenvalue weighted by molar-refractivity contribution is -0.129. The zero-order valence-corrected chi connectivity index (χ0v) is 15.8. The predicted molar refractivity (Wildman–Crippen MR) is 94.9 cm³/mol. The van der Waals surface area contributed by atoms with Crippen LogP contribution >= 0.6 is 0 Å². The van der Waals surface area contributed by atoms with Crippen molar-refractivity contribution in [3.63, 3.8) is 0 Å². The van der Waals surface area contributed by atoms with Crippen LogP contribution in [0.2, 0.25) is 0 Å². The van der Waals surface area contributed by atoms with Gasteiger partial charge in [0, 0.05) is 19.6 Å². The minimum Gasteiger partial charge on any atom is -0.361 e. The number of rotatable bonds is 4. The topological polar surface area (TPSA) is 70.6 Å². The molecule has 1 aromatic rings. The highest BCUT2D eigenvalue weighted by atomic mass is 32.2. The summed E-state index contributed by atoms with van der Waals surface area (Å²) >= 11 is 0. The Morgan fingerprint density at radius 1 is 1.21 bits per heavy atom. The van der Waals surface area contributed by atoms with Gasteiger partial charge in [0.05, 0.1) is 23.2 Å². The Labute approximate surface area is 144 Å². The van der Waals surface area contributed by atoms with E-state index in [1.807, 2.05) is 9.80 Å². The first-order valence-corrected chi connectivity index (χ1v) is 9.88. The maximum atomic E-state index is 12.4. The molecule has 1 saturated heterocycles. The summed E-state index contributed by atoms with van der Waals surface area (Å²) in [4.78, 5) is 20.3. The van der Waals surface area contributed by atoms with E-state index in [1.54, 1.807) is 33.0 Å². The van der Waals surface area contributed by atoms with Gasteiger partial charge < -0.3 is 9.80 Å². The Kier molecular flexibility index (Phi) is 5.52. The van der Waals surface area contributed by atoms with Crippen molar-refractivity contribution < 1.29 is 13.2 Å². The summed E-state index contributed by atoms with van der Waals surface area (Å²) in [5, 5.41) is 0.0764. The van der Waals surface area contributed by atoms with Crippen molar-refractivity contribution >= 4 is 21.4 Å². The zero-order valence-electron chi connectivity index (χ0n) is 14.9. The number of carbonyl (C=O) groups excluding carboxylic acids is 1. The van der Waals surface area contributed by atoms with Crippen LogP contribution in [0.15, 0.2) is 23.4 Å². The lowest BCUT2D eigenvalue weighted by atomic mass is 10.3. The zero-order chi connectivity index (χ0) is 18.0. The Morgan fingerprint density at radius 3 is 2.46 bits per heavy atom. The first kappa shape index (κ1) is 18.7. The van der Waals surface area contributed by atoms with E-state index in [-0.39, 0.29) is 10.9 Å². The molecule has 0 spiro atoms. The van der Waals surface area contributed by atoms with Crippen molar-refractivity contribution in [1.82, 2.24) is 9.88 Å². The van der Waals surface area contributed by atoms with Gasteiger partial charge in [0.15, 0.2) is 14.9 Å². The fourth-order valence-electron chi connectivity index (χ4n) is 2.68. The highest BCUT2D eigenvalue weighted by Crippen LogP contribution is 2.25. The van der Waals surface area contributed by atoms with Crippen LogP contribution in [-0.4, -0.2) is 55.1 Å². The molecule has 24 heavy (non-hydrogen) atoms. The van der Waals surface area contributed by atoms with Crippen LogP contribution in [-0.2, 0) is 14.6 Å². The van der Waals surface area contributed by atoms with E-state index in [4.69, 9.17) is 0 Å². The van der Waals surface area contributed by atoms with Gasteiger partial charge in [-0.05, 0) is 45.7 Å². The molecule has 1 amide bonds. The largest absolute Gasteiger partial charge is 0.361 e. The number of carbonyl (C=O) groups is 1. The molecule has 1 fully saturated rings. The molecular weight excluding hydrogens is 326 g/mol. The minimum atomic E-state index is -3.46. The van der Waals surface area contributed by atoms with E-state index < -0.39 is 14.6 Å². The van der Waals surface area contributed by atoms with Gasteiger partial charge in [-0.15, -0.1) is 0 Å². The molecule has 134 valence electrons. The van der Waals surface area contributed by atoms with Crippen molar-refractivity contribution in [3.05, 3.63) is 18.3 Å². The Balaban J connectivity index is 2.18. The summed E-state index contributed by atoms with van der Waals surface area (Å²) in [5.41, 5.74) is 0.787. The molecule has 0 aliphatic carbocycles. The first-order chi connectivity index (χ1) is 11.2. The van der Waals surface area contributed by atoms with E-state index in [1.165, 1.54) is 6.07 Å². The molecule has 1 aliphatic rings. The van der Waals surface area contributed by atoms with Crippen molar-refractivity contribution in [2.24, 2.45) is 0 Å². The number of sulfone groups is 1. The SMILES string of the molecule is CCCN1CCCN(c2ccc(S(=O)(=O)C(C)(C)C)nc2)CC1=O. The molecule has 2 heterocycles. The summed E-state index contributed by atoms with van der Waals surface area (Å²) in [6.45, 7) is 9.68. The molecule has 0 unspecified atom stereocenters. The Hall–Kier alpha value is -1.63. The Morgan fingerprint density at radius 2 is 1.92 bits per heavy atom. The van der Waals surface area contributed by atoms with Crippen molar-refractivity contribution in [2.75, 3.05) is 31.1 Å². The van der Waals surface area contributed by atoms with E-state index >= 15 is 0 Å². The third kappa shape index (κ3) is 3.88. The van der Waals surface area contributed by atoms with Crippen LogP contribution in [0.4, 0.5) is 5.69 Å². The van der Waals surface area contributed by atoms with Gasteiger partial charge in [-0.2, -0.15) is 0 Å². The summed E-state index contributed by atoms with van der Waals surface area (Å²) in [5.74, 6) is 0.112. The molecule has 0 bridgehead atoms. The molecule has 0 aromatic carbocycles. The van der Waals surface area contributed by atoms with E-state index in [0.717, 1.165) is 38.2 Å². The third-order valence-corrected chi connectivity index (χ3v) is 6.60. The highest BCUT2D eigenvalue weighted by Gasteiger charge is 2.32. The van der Waals surface area contributed by atoms with Crippen LogP contribution in [0.3, 0.4) is 0 Å². The summed E-state index contributed by atoms with van der Waals surface area (Å²) in [6, 6.07) is 3.28. The van der Waals surface area contributed by atoms with Crippen LogP contribution in [0.25, 0.3) is 0 Å². The fraction of sp³-hybridized carbons (Fsp3) is 0.647. The van der Waals surface area contributed by atoms with E-state index in [2.05, 4.69) is 11.9 Å². The number of amides is 1. The Bertz CT molecular complexity index is 678. The van der Waals surface area contributed by atoms with Gasteiger partial charge >= 0.3 is 0 Å². The predicted octanol–water partition coefficient (Wildman–Crippen LogP) is 2.10. The smallest absolute Gasteiger partial charge is 0.242 e.